The van der Waals surface area contributed by atoms with Crippen molar-refractivity contribution in [2.45, 2.75) is 45.4 Å². The highest BCUT2D eigenvalue weighted by Crippen LogP contribution is 2.12. The maximum absolute atomic E-state index is 5.65. The molecule has 1 fully saturated rings. The first-order chi connectivity index (χ1) is 9.78. The van der Waals surface area contributed by atoms with Crippen molar-refractivity contribution in [1.82, 2.24) is 25.2 Å². The van der Waals surface area contributed by atoms with Crippen molar-refractivity contribution >= 4 is 0 Å². The summed E-state index contributed by atoms with van der Waals surface area (Å²) in [5, 5.41) is 11.7. The van der Waals surface area contributed by atoms with Crippen LogP contribution >= 0.6 is 0 Å². The van der Waals surface area contributed by atoms with Crippen LogP contribution in [-0.4, -0.2) is 59.3 Å². The Kier molecular flexibility index (Phi) is 6.42. The first-order valence-corrected chi connectivity index (χ1v) is 7.68. The van der Waals surface area contributed by atoms with E-state index in [2.05, 4.69) is 34.5 Å². The van der Waals surface area contributed by atoms with Crippen LogP contribution < -0.4 is 5.32 Å². The summed E-state index contributed by atoms with van der Waals surface area (Å²) < 4.78 is 7.58. The monoisotopic (exact) mass is 281 g/mol. The van der Waals surface area contributed by atoms with E-state index in [0.717, 1.165) is 51.4 Å². The van der Waals surface area contributed by atoms with Crippen molar-refractivity contribution in [1.29, 1.82) is 0 Å². The van der Waals surface area contributed by atoms with Gasteiger partial charge in [0.15, 0.2) is 0 Å². The molecule has 20 heavy (non-hydrogen) atoms. The van der Waals surface area contributed by atoms with Gasteiger partial charge in [-0.15, -0.1) is 5.10 Å². The van der Waals surface area contributed by atoms with E-state index < -0.39 is 0 Å². The predicted octanol–water partition coefficient (Wildman–Crippen LogP) is 0.889. The largest absolute Gasteiger partial charge is 0.377 e. The van der Waals surface area contributed by atoms with Crippen LogP contribution in [0.3, 0.4) is 0 Å². The Balaban J connectivity index is 1.65. The Morgan fingerprint density at radius 2 is 2.45 bits per heavy atom. The second kappa shape index (κ2) is 8.34. The molecule has 0 saturated carbocycles. The van der Waals surface area contributed by atoms with Gasteiger partial charge in [0, 0.05) is 32.4 Å². The van der Waals surface area contributed by atoms with Gasteiger partial charge in [-0.05, 0) is 32.9 Å². The molecule has 6 heteroatoms. The fourth-order valence-corrected chi connectivity index (χ4v) is 2.42. The summed E-state index contributed by atoms with van der Waals surface area (Å²) >= 11 is 0. The van der Waals surface area contributed by atoms with Crippen LogP contribution in [0.25, 0.3) is 0 Å². The summed E-state index contributed by atoms with van der Waals surface area (Å²) in [6.45, 7) is 7.79. The fraction of sp³-hybridized carbons (Fsp3) is 0.857. The molecule has 1 aromatic rings. The molecule has 0 aromatic carbocycles. The van der Waals surface area contributed by atoms with Crippen molar-refractivity contribution in [2.24, 2.45) is 0 Å². The zero-order valence-corrected chi connectivity index (χ0v) is 12.7. The molecular formula is C14H27N5O. The quantitative estimate of drug-likeness (QED) is 0.681. The second-order valence-corrected chi connectivity index (χ2v) is 5.55. The number of rotatable bonds is 9. The Morgan fingerprint density at radius 3 is 3.20 bits per heavy atom. The van der Waals surface area contributed by atoms with Crippen LogP contribution in [0.2, 0.25) is 0 Å². The van der Waals surface area contributed by atoms with E-state index in [-0.39, 0.29) is 0 Å². The molecule has 0 amide bonds. The van der Waals surface area contributed by atoms with Crippen molar-refractivity contribution in [3.05, 3.63) is 11.9 Å². The second-order valence-electron chi connectivity index (χ2n) is 5.55. The lowest BCUT2D eigenvalue weighted by Crippen LogP contribution is -2.31. The summed E-state index contributed by atoms with van der Waals surface area (Å²) in [6.07, 6.45) is 5.99. The average Bonchev–Trinajstić information content (AvgIpc) is 3.08. The SMILES string of the molecule is CCCNCc1cn(CCN(C)CC2CCCO2)nn1. The van der Waals surface area contributed by atoms with Gasteiger partial charge in [0.25, 0.3) is 0 Å². The predicted molar refractivity (Wildman–Crippen MR) is 78.5 cm³/mol. The average molecular weight is 281 g/mol. The summed E-state index contributed by atoms with van der Waals surface area (Å²) in [7, 11) is 2.14. The van der Waals surface area contributed by atoms with Crippen molar-refractivity contribution < 1.29 is 4.74 Å². The minimum Gasteiger partial charge on any atom is -0.377 e. The van der Waals surface area contributed by atoms with Crippen LogP contribution in [0.15, 0.2) is 6.20 Å². The molecule has 1 N–H and O–H groups in total. The molecule has 0 bridgehead atoms. The number of ether oxygens (including phenoxy) is 1. The molecular weight excluding hydrogens is 254 g/mol. The number of hydrogen-bond donors (Lipinski definition) is 1. The highest BCUT2D eigenvalue weighted by molar-refractivity contribution is 4.91. The van der Waals surface area contributed by atoms with Gasteiger partial charge in [-0.1, -0.05) is 12.1 Å². The normalized spacial score (nSPS) is 19.1. The molecule has 6 nitrogen and oxygen atoms in total. The molecule has 0 spiro atoms. The van der Waals surface area contributed by atoms with Gasteiger partial charge in [0.1, 0.15) is 0 Å². The third-order valence-electron chi connectivity index (χ3n) is 3.57. The van der Waals surface area contributed by atoms with Gasteiger partial charge in [-0.2, -0.15) is 0 Å². The third-order valence-corrected chi connectivity index (χ3v) is 3.57. The Morgan fingerprint density at radius 1 is 1.55 bits per heavy atom. The minimum absolute atomic E-state index is 0.421. The van der Waals surface area contributed by atoms with E-state index in [1.54, 1.807) is 0 Å². The van der Waals surface area contributed by atoms with Gasteiger partial charge in [-0.3, -0.25) is 4.68 Å². The van der Waals surface area contributed by atoms with Crippen LogP contribution in [0.5, 0.6) is 0 Å². The van der Waals surface area contributed by atoms with Crippen LogP contribution in [0, 0.1) is 0 Å². The number of hydrogen-bond acceptors (Lipinski definition) is 5. The smallest absolute Gasteiger partial charge is 0.0964 e. The van der Waals surface area contributed by atoms with E-state index in [4.69, 9.17) is 4.74 Å². The standard InChI is InChI=1S/C14H27N5O/c1-3-6-15-10-13-11-19(17-16-13)8-7-18(2)12-14-5-4-9-20-14/h11,14-15H,3-10,12H2,1-2H3. The highest BCUT2D eigenvalue weighted by atomic mass is 16.5. The van der Waals surface area contributed by atoms with Gasteiger partial charge in [0.05, 0.1) is 18.3 Å². The summed E-state index contributed by atoms with van der Waals surface area (Å²) in [5.41, 5.74) is 1.01. The Hall–Kier alpha value is -0.980. The summed E-state index contributed by atoms with van der Waals surface area (Å²) in [6, 6.07) is 0. The zero-order chi connectivity index (χ0) is 14.2. The maximum Gasteiger partial charge on any atom is 0.0964 e. The van der Waals surface area contributed by atoms with Crippen molar-refractivity contribution in [3.8, 4) is 0 Å². The zero-order valence-electron chi connectivity index (χ0n) is 12.7. The molecule has 1 unspecified atom stereocenters. The third kappa shape index (κ3) is 5.19. The molecule has 1 saturated heterocycles. The molecule has 0 aliphatic carbocycles. The van der Waals surface area contributed by atoms with Gasteiger partial charge < -0.3 is 15.0 Å². The van der Waals surface area contributed by atoms with E-state index >= 15 is 0 Å². The Labute approximate surface area is 121 Å². The summed E-state index contributed by atoms with van der Waals surface area (Å²) in [4.78, 5) is 2.31. The van der Waals surface area contributed by atoms with Crippen molar-refractivity contribution in [3.63, 3.8) is 0 Å². The molecule has 2 rings (SSSR count). The van der Waals surface area contributed by atoms with Crippen LogP contribution in [-0.2, 0) is 17.8 Å². The lowest BCUT2D eigenvalue weighted by Gasteiger charge is -2.20. The first-order valence-electron chi connectivity index (χ1n) is 7.68. The van der Waals surface area contributed by atoms with Crippen molar-refractivity contribution in [2.75, 3.05) is 33.3 Å². The number of aromatic nitrogens is 3. The lowest BCUT2D eigenvalue weighted by molar-refractivity contribution is 0.0800. The van der Waals surface area contributed by atoms with E-state index in [9.17, 15) is 0 Å². The van der Waals surface area contributed by atoms with E-state index in [1.807, 2.05) is 10.9 Å². The lowest BCUT2D eigenvalue weighted by atomic mass is 10.2. The molecule has 1 aliphatic heterocycles. The van der Waals surface area contributed by atoms with Gasteiger partial charge in [-0.25, -0.2) is 0 Å². The molecule has 1 atom stereocenters. The number of nitrogens with one attached hydrogen (secondary N) is 1. The first kappa shape index (κ1) is 15.4. The highest BCUT2D eigenvalue weighted by Gasteiger charge is 2.17. The summed E-state index contributed by atoms with van der Waals surface area (Å²) in [5.74, 6) is 0. The van der Waals surface area contributed by atoms with E-state index in [0.29, 0.717) is 6.10 Å². The topological polar surface area (TPSA) is 55.2 Å². The van der Waals surface area contributed by atoms with Gasteiger partial charge >= 0.3 is 0 Å². The number of likely N-dealkylation sites (N-methyl/N-ethyl adjacent to an activating group) is 1. The van der Waals surface area contributed by atoms with Crippen LogP contribution in [0.1, 0.15) is 31.9 Å². The number of nitrogens with zero attached hydrogens (tertiary/aromatic N) is 4. The molecule has 1 aromatic heterocycles. The molecule has 0 radical (unpaired) electrons. The Bertz CT molecular complexity index is 375. The fourth-order valence-electron chi connectivity index (χ4n) is 2.42. The minimum atomic E-state index is 0.421. The van der Waals surface area contributed by atoms with Crippen LogP contribution in [0.4, 0.5) is 0 Å². The maximum atomic E-state index is 5.65. The molecule has 114 valence electrons. The molecule has 1 aliphatic rings. The van der Waals surface area contributed by atoms with E-state index in [1.165, 1.54) is 12.8 Å². The molecule has 2 heterocycles. The van der Waals surface area contributed by atoms with Gasteiger partial charge in [0.2, 0.25) is 0 Å².